The number of anilines is 1. The zero-order valence-electron chi connectivity index (χ0n) is 8.13. The van der Waals surface area contributed by atoms with Gasteiger partial charge in [-0.2, -0.15) is 0 Å². The molecule has 0 aliphatic rings. The molecule has 0 fully saturated rings. The third kappa shape index (κ3) is 1.27. The molecule has 3 nitrogen and oxygen atoms in total. The van der Waals surface area contributed by atoms with Crippen molar-refractivity contribution in [1.82, 2.24) is 0 Å². The molecule has 0 spiro atoms. The maximum Gasteiger partial charge on any atom is 0.194 e. The van der Waals surface area contributed by atoms with Gasteiger partial charge in [0.1, 0.15) is 0 Å². The molecule has 2 N–H and O–H groups in total. The lowest BCUT2D eigenvalue weighted by Crippen LogP contribution is -1.86. The first-order valence-electron chi connectivity index (χ1n) is 4.38. The summed E-state index contributed by atoms with van der Waals surface area (Å²) in [6, 6.07) is 5.50. The van der Waals surface area contributed by atoms with Crippen LogP contribution in [0.4, 0.5) is 5.69 Å². The summed E-state index contributed by atoms with van der Waals surface area (Å²) in [6.45, 7) is 3.43. The number of carbonyl (C=O) groups is 1. The van der Waals surface area contributed by atoms with Gasteiger partial charge in [-0.25, -0.2) is 0 Å². The van der Waals surface area contributed by atoms with E-state index in [1.807, 2.05) is 19.1 Å². The number of nitrogen functional groups attached to an aromatic ring is 1. The number of nitrogens with two attached hydrogens (primary N) is 1. The van der Waals surface area contributed by atoms with Crippen LogP contribution in [0.1, 0.15) is 23.0 Å². The van der Waals surface area contributed by atoms with Crippen LogP contribution in [0.15, 0.2) is 22.6 Å². The van der Waals surface area contributed by atoms with Crippen LogP contribution in [-0.2, 0) is 0 Å². The van der Waals surface area contributed by atoms with Gasteiger partial charge in [-0.05, 0) is 30.7 Å². The molecule has 2 aromatic rings. The summed E-state index contributed by atoms with van der Waals surface area (Å²) in [5.74, 6) is 0.274. The lowest BCUT2D eigenvalue weighted by Gasteiger charge is -1.96. The van der Waals surface area contributed by atoms with Crippen molar-refractivity contribution in [1.29, 1.82) is 0 Å². The number of furan rings is 1. The predicted octanol–water partition coefficient (Wildman–Crippen LogP) is 2.53. The molecular formula is C11H11NO2. The number of carbonyl (C=O) groups excluding carboxylic acids is 1. The fourth-order valence-corrected chi connectivity index (χ4v) is 1.51. The molecule has 0 amide bonds. The summed E-state index contributed by atoms with van der Waals surface area (Å²) < 4.78 is 5.34. The van der Waals surface area contributed by atoms with Gasteiger partial charge in [0.25, 0.3) is 0 Å². The van der Waals surface area contributed by atoms with Crippen molar-refractivity contribution in [3.63, 3.8) is 0 Å². The second kappa shape index (κ2) is 2.87. The van der Waals surface area contributed by atoms with Crippen LogP contribution in [0.3, 0.4) is 0 Å². The molecular weight excluding hydrogens is 178 g/mol. The molecule has 1 aromatic heterocycles. The van der Waals surface area contributed by atoms with Crippen LogP contribution in [0, 0.1) is 6.92 Å². The second-order valence-electron chi connectivity index (χ2n) is 3.44. The van der Waals surface area contributed by atoms with E-state index in [2.05, 4.69) is 0 Å². The molecule has 1 aromatic carbocycles. The van der Waals surface area contributed by atoms with Crippen molar-refractivity contribution in [3.05, 3.63) is 29.5 Å². The van der Waals surface area contributed by atoms with Crippen LogP contribution >= 0.6 is 0 Å². The van der Waals surface area contributed by atoms with Crippen molar-refractivity contribution in [3.8, 4) is 0 Å². The highest BCUT2D eigenvalue weighted by Crippen LogP contribution is 2.26. The van der Waals surface area contributed by atoms with Gasteiger partial charge in [0.05, 0.1) is 5.69 Å². The van der Waals surface area contributed by atoms with Crippen molar-refractivity contribution in [2.24, 2.45) is 0 Å². The van der Waals surface area contributed by atoms with Gasteiger partial charge in [-0.15, -0.1) is 0 Å². The van der Waals surface area contributed by atoms with Crippen LogP contribution in [0.25, 0.3) is 11.0 Å². The Balaban J connectivity index is 2.76. The van der Waals surface area contributed by atoms with E-state index in [0.717, 1.165) is 10.9 Å². The van der Waals surface area contributed by atoms with Crippen molar-refractivity contribution in [2.45, 2.75) is 13.8 Å². The summed E-state index contributed by atoms with van der Waals surface area (Å²) in [5, 5.41) is 0.882. The molecule has 72 valence electrons. The molecule has 1 heterocycles. The third-order valence-corrected chi connectivity index (χ3v) is 2.14. The Morgan fingerprint density at radius 1 is 1.36 bits per heavy atom. The standard InChI is InChI=1S/C11H11NO2/c1-6-3-8-5-10(7(2)13)14-11(8)9(12)4-6/h3-5H,12H2,1-2H3. The Labute approximate surface area is 81.5 Å². The summed E-state index contributed by atoms with van der Waals surface area (Å²) >= 11 is 0. The van der Waals surface area contributed by atoms with Gasteiger partial charge >= 0.3 is 0 Å². The van der Waals surface area contributed by atoms with Gasteiger partial charge in [-0.3, -0.25) is 4.79 Å². The third-order valence-electron chi connectivity index (χ3n) is 2.14. The monoisotopic (exact) mass is 189 g/mol. The molecule has 14 heavy (non-hydrogen) atoms. The van der Waals surface area contributed by atoms with Crippen molar-refractivity contribution < 1.29 is 9.21 Å². The van der Waals surface area contributed by atoms with E-state index >= 15 is 0 Å². The van der Waals surface area contributed by atoms with Crippen molar-refractivity contribution in [2.75, 3.05) is 5.73 Å². The van der Waals surface area contributed by atoms with Crippen LogP contribution in [0.2, 0.25) is 0 Å². The molecule has 0 saturated carbocycles. The van der Waals surface area contributed by atoms with E-state index in [0.29, 0.717) is 17.0 Å². The van der Waals surface area contributed by atoms with Crippen LogP contribution in [-0.4, -0.2) is 5.78 Å². The number of fused-ring (bicyclic) bond motifs is 1. The van der Waals surface area contributed by atoms with Gasteiger partial charge < -0.3 is 10.2 Å². The molecule has 0 aliphatic carbocycles. The number of hydrogen-bond acceptors (Lipinski definition) is 3. The fraction of sp³-hybridized carbons (Fsp3) is 0.182. The second-order valence-corrected chi connectivity index (χ2v) is 3.44. The summed E-state index contributed by atoms with van der Waals surface area (Å²) in [7, 11) is 0. The zero-order chi connectivity index (χ0) is 10.3. The molecule has 2 rings (SSSR count). The van der Waals surface area contributed by atoms with E-state index in [4.69, 9.17) is 10.2 Å². The number of Topliss-reactive ketones (excluding diaryl/α,β-unsaturated/α-hetero) is 1. The normalized spacial score (nSPS) is 10.7. The minimum Gasteiger partial charge on any atom is -0.451 e. The maximum atomic E-state index is 11.1. The van der Waals surface area contributed by atoms with E-state index < -0.39 is 0 Å². The Morgan fingerprint density at radius 2 is 2.07 bits per heavy atom. The average Bonchev–Trinajstić information content (AvgIpc) is 2.47. The Morgan fingerprint density at radius 3 is 2.71 bits per heavy atom. The Hall–Kier alpha value is -1.77. The number of rotatable bonds is 1. The molecule has 0 aliphatic heterocycles. The SMILES string of the molecule is CC(=O)c1cc2cc(C)cc(N)c2o1. The summed E-state index contributed by atoms with van der Waals surface area (Å²) in [5.41, 5.74) is 8.00. The van der Waals surface area contributed by atoms with Gasteiger partial charge in [0, 0.05) is 12.3 Å². The van der Waals surface area contributed by atoms with E-state index in [-0.39, 0.29) is 5.78 Å². The number of ketones is 1. The van der Waals surface area contributed by atoms with Crippen molar-refractivity contribution >= 4 is 22.4 Å². The summed E-state index contributed by atoms with van der Waals surface area (Å²) in [4.78, 5) is 11.1. The van der Waals surface area contributed by atoms with E-state index in [1.165, 1.54) is 6.92 Å². The van der Waals surface area contributed by atoms with E-state index in [1.54, 1.807) is 6.07 Å². The number of benzene rings is 1. The van der Waals surface area contributed by atoms with Gasteiger partial charge in [-0.1, -0.05) is 0 Å². The minimum atomic E-state index is -0.0850. The van der Waals surface area contributed by atoms with Crippen LogP contribution in [0.5, 0.6) is 0 Å². The minimum absolute atomic E-state index is 0.0850. The highest BCUT2D eigenvalue weighted by Gasteiger charge is 2.10. The Bertz CT molecular complexity index is 511. The number of aryl methyl sites for hydroxylation is 1. The molecule has 3 heteroatoms. The topological polar surface area (TPSA) is 56.2 Å². The summed E-state index contributed by atoms with van der Waals surface area (Å²) in [6.07, 6.45) is 0. The van der Waals surface area contributed by atoms with Gasteiger partial charge in [0.2, 0.25) is 0 Å². The van der Waals surface area contributed by atoms with Crippen LogP contribution < -0.4 is 5.73 Å². The highest BCUT2D eigenvalue weighted by atomic mass is 16.3. The first kappa shape index (κ1) is 8.81. The quantitative estimate of drug-likeness (QED) is 0.554. The first-order chi connectivity index (χ1) is 6.58. The maximum absolute atomic E-state index is 11.1. The molecule has 0 bridgehead atoms. The zero-order valence-corrected chi connectivity index (χ0v) is 8.13. The molecule has 0 saturated heterocycles. The average molecular weight is 189 g/mol. The smallest absolute Gasteiger partial charge is 0.194 e. The molecule has 0 radical (unpaired) electrons. The largest absolute Gasteiger partial charge is 0.451 e. The fourth-order valence-electron chi connectivity index (χ4n) is 1.51. The van der Waals surface area contributed by atoms with Gasteiger partial charge in [0.15, 0.2) is 17.1 Å². The lowest BCUT2D eigenvalue weighted by atomic mass is 10.1. The Kier molecular flexibility index (Phi) is 1.81. The highest BCUT2D eigenvalue weighted by molar-refractivity contribution is 5.98. The predicted molar refractivity (Wildman–Crippen MR) is 55.4 cm³/mol. The molecule has 0 atom stereocenters. The molecule has 0 unspecified atom stereocenters. The van der Waals surface area contributed by atoms with E-state index in [9.17, 15) is 4.79 Å². The lowest BCUT2D eigenvalue weighted by molar-refractivity contribution is 0.0989. The first-order valence-corrected chi connectivity index (χ1v) is 4.38. The number of hydrogen-bond donors (Lipinski definition) is 1.